The van der Waals surface area contributed by atoms with Crippen molar-refractivity contribution in [2.75, 3.05) is 17.6 Å². The minimum absolute atomic E-state index is 0.0622. The van der Waals surface area contributed by atoms with E-state index in [1.165, 1.54) is 0 Å². The van der Waals surface area contributed by atoms with Crippen LogP contribution >= 0.6 is 0 Å². The van der Waals surface area contributed by atoms with E-state index in [9.17, 15) is 13.2 Å². The van der Waals surface area contributed by atoms with Gasteiger partial charge in [-0.15, -0.1) is 0 Å². The topological polar surface area (TPSA) is 75.3 Å². The second kappa shape index (κ2) is 6.93. The Kier molecular flexibility index (Phi) is 5.22. The van der Waals surface area contributed by atoms with Crippen LogP contribution in [-0.2, 0) is 14.6 Å². The number of anilines is 1. The summed E-state index contributed by atoms with van der Waals surface area (Å²) < 4.78 is 23.8. The van der Waals surface area contributed by atoms with Gasteiger partial charge >= 0.3 is 0 Å². The van der Waals surface area contributed by atoms with Crippen molar-refractivity contribution in [1.82, 2.24) is 5.32 Å². The van der Waals surface area contributed by atoms with Gasteiger partial charge < -0.3 is 10.6 Å². The molecular formula is C15H22N2O3S. The molecule has 0 radical (unpaired) electrons. The zero-order valence-electron chi connectivity index (χ0n) is 12.3. The van der Waals surface area contributed by atoms with Crippen molar-refractivity contribution in [1.29, 1.82) is 0 Å². The average Bonchev–Trinajstić information content (AvgIpc) is 3.23. The minimum atomic E-state index is -3.16. The van der Waals surface area contributed by atoms with E-state index in [2.05, 4.69) is 10.6 Å². The molecule has 1 amide bonds. The summed E-state index contributed by atoms with van der Waals surface area (Å²) in [5.74, 6) is 0.230. The molecule has 1 aliphatic rings. The van der Waals surface area contributed by atoms with Gasteiger partial charge in [-0.05, 0) is 43.5 Å². The number of hydrogen-bond donors (Lipinski definition) is 2. The van der Waals surface area contributed by atoms with E-state index in [1.807, 2.05) is 6.92 Å². The lowest BCUT2D eigenvalue weighted by molar-refractivity contribution is -0.120. The van der Waals surface area contributed by atoms with Gasteiger partial charge in [-0.25, -0.2) is 8.42 Å². The predicted molar refractivity (Wildman–Crippen MR) is 83.1 cm³/mol. The molecule has 116 valence electrons. The molecule has 0 heterocycles. The van der Waals surface area contributed by atoms with Crippen molar-refractivity contribution in [2.45, 2.75) is 43.5 Å². The normalized spacial score (nSPS) is 14.7. The van der Waals surface area contributed by atoms with Gasteiger partial charge in [0.1, 0.15) is 0 Å². The number of benzene rings is 1. The summed E-state index contributed by atoms with van der Waals surface area (Å²) in [7, 11) is -3.16. The van der Waals surface area contributed by atoms with Crippen LogP contribution in [0.15, 0.2) is 29.2 Å². The van der Waals surface area contributed by atoms with Crippen LogP contribution in [0.4, 0.5) is 5.69 Å². The second-order valence-electron chi connectivity index (χ2n) is 5.36. The maximum absolute atomic E-state index is 11.9. The second-order valence-corrected chi connectivity index (χ2v) is 7.47. The first-order valence-corrected chi connectivity index (χ1v) is 9.02. The molecule has 1 aromatic carbocycles. The van der Waals surface area contributed by atoms with E-state index in [4.69, 9.17) is 0 Å². The highest BCUT2D eigenvalue weighted by atomic mass is 32.2. The molecule has 0 saturated heterocycles. The summed E-state index contributed by atoms with van der Waals surface area (Å²) >= 11 is 0. The lowest BCUT2D eigenvalue weighted by Crippen LogP contribution is -2.27. The summed E-state index contributed by atoms with van der Waals surface area (Å²) in [6.07, 6.45) is 3.21. The third kappa shape index (κ3) is 5.04. The maximum Gasteiger partial charge on any atom is 0.221 e. The molecule has 1 saturated carbocycles. The SMILES string of the molecule is CCCS(=O)(=O)c1ccc(NCCC(=O)NC2CC2)cc1. The first-order chi connectivity index (χ1) is 10.0. The van der Waals surface area contributed by atoms with Crippen LogP contribution in [-0.4, -0.2) is 32.7 Å². The zero-order chi connectivity index (χ0) is 15.3. The summed E-state index contributed by atoms with van der Waals surface area (Å²) in [5.41, 5.74) is 0.824. The van der Waals surface area contributed by atoms with Gasteiger partial charge in [-0.2, -0.15) is 0 Å². The molecule has 0 bridgehead atoms. The highest BCUT2D eigenvalue weighted by Crippen LogP contribution is 2.19. The van der Waals surface area contributed by atoms with Crippen LogP contribution in [0.3, 0.4) is 0 Å². The number of carbonyl (C=O) groups is 1. The van der Waals surface area contributed by atoms with Crippen molar-refractivity contribution in [2.24, 2.45) is 0 Å². The summed E-state index contributed by atoms with van der Waals surface area (Å²) in [6.45, 7) is 2.39. The largest absolute Gasteiger partial charge is 0.385 e. The molecule has 1 aromatic rings. The molecule has 0 aliphatic heterocycles. The van der Waals surface area contributed by atoms with Gasteiger partial charge in [0, 0.05) is 24.7 Å². The Balaban J connectivity index is 1.80. The molecule has 1 fully saturated rings. The van der Waals surface area contributed by atoms with Crippen molar-refractivity contribution in [3.05, 3.63) is 24.3 Å². The number of amides is 1. The fraction of sp³-hybridized carbons (Fsp3) is 0.533. The van der Waals surface area contributed by atoms with Gasteiger partial charge in [0.15, 0.2) is 9.84 Å². The van der Waals surface area contributed by atoms with E-state index < -0.39 is 9.84 Å². The van der Waals surface area contributed by atoms with Gasteiger partial charge in [-0.3, -0.25) is 4.79 Å². The van der Waals surface area contributed by atoms with E-state index in [0.29, 0.717) is 30.3 Å². The summed E-state index contributed by atoms with van der Waals surface area (Å²) in [4.78, 5) is 11.9. The Morgan fingerprint density at radius 2 is 1.90 bits per heavy atom. The molecule has 0 aromatic heterocycles. The lowest BCUT2D eigenvalue weighted by Gasteiger charge is -2.08. The van der Waals surface area contributed by atoms with E-state index in [0.717, 1.165) is 18.5 Å². The molecule has 0 unspecified atom stereocenters. The van der Waals surface area contributed by atoms with Crippen LogP contribution in [0.1, 0.15) is 32.6 Å². The number of hydrogen-bond acceptors (Lipinski definition) is 4. The Hall–Kier alpha value is -1.56. The Bertz CT molecular complexity index is 577. The van der Waals surface area contributed by atoms with Gasteiger partial charge in [0.2, 0.25) is 5.91 Å². The minimum Gasteiger partial charge on any atom is -0.385 e. The molecule has 21 heavy (non-hydrogen) atoms. The Labute approximate surface area is 126 Å². The molecule has 2 N–H and O–H groups in total. The maximum atomic E-state index is 11.9. The average molecular weight is 310 g/mol. The highest BCUT2D eigenvalue weighted by molar-refractivity contribution is 7.91. The van der Waals surface area contributed by atoms with Crippen LogP contribution in [0, 0.1) is 0 Å². The predicted octanol–water partition coefficient (Wildman–Crippen LogP) is 1.95. The summed E-state index contributed by atoms with van der Waals surface area (Å²) in [6, 6.07) is 7.08. The van der Waals surface area contributed by atoms with Crippen molar-refractivity contribution in [3.8, 4) is 0 Å². The van der Waals surface area contributed by atoms with E-state index in [-0.39, 0.29) is 11.7 Å². The quantitative estimate of drug-likeness (QED) is 0.769. The monoisotopic (exact) mass is 310 g/mol. The molecule has 0 spiro atoms. The van der Waals surface area contributed by atoms with E-state index >= 15 is 0 Å². The Morgan fingerprint density at radius 1 is 1.24 bits per heavy atom. The first kappa shape index (κ1) is 15.8. The third-order valence-electron chi connectivity index (χ3n) is 3.31. The van der Waals surface area contributed by atoms with Crippen LogP contribution < -0.4 is 10.6 Å². The number of rotatable bonds is 8. The van der Waals surface area contributed by atoms with Crippen LogP contribution in [0.5, 0.6) is 0 Å². The lowest BCUT2D eigenvalue weighted by atomic mass is 10.3. The molecule has 6 heteroatoms. The number of nitrogens with one attached hydrogen (secondary N) is 2. The zero-order valence-corrected chi connectivity index (χ0v) is 13.1. The molecule has 5 nitrogen and oxygen atoms in total. The highest BCUT2D eigenvalue weighted by Gasteiger charge is 2.22. The van der Waals surface area contributed by atoms with Gasteiger partial charge in [0.05, 0.1) is 10.6 Å². The molecule has 0 atom stereocenters. The van der Waals surface area contributed by atoms with Gasteiger partial charge in [-0.1, -0.05) is 6.92 Å². The third-order valence-corrected chi connectivity index (χ3v) is 5.25. The van der Waals surface area contributed by atoms with Gasteiger partial charge in [0.25, 0.3) is 0 Å². The molecule has 1 aliphatic carbocycles. The number of sulfone groups is 1. The van der Waals surface area contributed by atoms with Crippen LogP contribution in [0.25, 0.3) is 0 Å². The Morgan fingerprint density at radius 3 is 2.48 bits per heavy atom. The van der Waals surface area contributed by atoms with Crippen molar-refractivity contribution in [3.63, 3.8) is 0 Å². The first-order valence-electron chi connectivity index (χ1n) is 7.37. The number of carbonyl (C=O) groups excluding carboxylic acids is 1. The van der Waals surface area contributed by atoms with Crippen molar-refractivity contribution >= 4 is 21.4 Å². The fourth-order valence-electron chi connectivity index (χ4n) is 2.01. The summed E-state index contributed by atoms with van der Waals surface area (Å²) in [5, 5.41) is 6.05. The van der Waals surface area contributed by atoms with Crippen LogP contribution in [0.2, 0.25) is 0 Å². The van der Waals surface area contributed by atoms with E-state index in [1.54, 1.807) is 24.3 Å². The molecule has 2 rings (SSSR count). The van der Waals surface area contributed by atoms with Crippen molar-refractivity contribution < 1.29 is 13.2 Å². The molecular weight excluding hydrogens is 288 g/mol. The smallest absolute Gasteiger partial charge is 0.221 e. The standard InChI is InChI=1S/C15H22N2O3S/c1-2-11-21(19,20)14-7-5-12(6-8-14)16-10-9-15(18)17-13-3-4-13/h5-8,13,16H,2-4,9-11H2,1H3,(H,17,18). The fourth-order valence-corrected chi connectivity index (χ4v) is 3.34.